The molecule has 1 saturated carbocycles. The van der Waals surface area contributed by atoms with E-state index < -0.39 is 0 Å². The van der Waals surface area contributed by atoms with Crippen LogP contribution in [-0.2, 0) is 6.54 Å². The summed E-state index contributed by atoms with van der Waals surface area (Å²) in [6.07, 6.45) is 2.50. The van der Waals surface area contributed by atoms with E-state index >= 15 is 0 Å². The van der Waals surface area contributed by atoms with Crippen LogP contribution in [0.2, 0.25) is 5.02 Å². The second-order valence-electron chi connectivity index (χ2n) is 4.62. The molecule has 1 N–H and O–H groups in total. The van der Waals surface area contributed by atoms with Gasteiger partial charge in [-0.25, -0.2) is 4.79 Å². The quantitative estimate of drug-likeness (QED) is 0.878. The highest BCUT2D eigenvalue weighted by Crippen LogP contribution is 2.27. The lowest BCUT2D eigenvalue weighted by atomic mass is 10.2. The zero-order chi connectivity index (χ0) is 12.3. The normalized spacial score (nSPS) is 14.5. The van der Waals surface area contributed by atoms with Gasteiger partial charge in [-0.3, -0.25) is 0 Å². The van der Waals surface area contributed by atoms with Crippen molar-refractivity contribution in [2.45, 2.75) is 19.4 Å². The summed E-state index contributed by atoms with van der Waals surface area (Å²) in [7, 11) is 1.79. The number of hydrogen-bond donors (Lipinski definition) is 1. The maximum Gasteiger partial charge on any atom is 0.317 e. The van der Waals surface area contributed by atoms with Crippen LogP contribution >= 0.6 is 11.6 Å². The fourth-order valence-electron chi connectivity index (χ4n) is 1.67. The van der Waals surface area contributed by atoms with Gasteiger partial charge in [0.2, 0.25) is 0 Å². The van der Waals surface area contributed by atoms with Gasteiger partial charge in [0.25, 0.3) is 0 Å². The van der Waals surface area contributed by atoms with Gasteiger partial charge in [0.1, 0.15) is 0 Å². The Morgan fingerprint density at radius 2 is 2.29 bits per heavy atom. The van der Waals surface area contributed by atoms with Crippen LogP contribution in [0.5, 0.6) is 0 Å². The van der Waals surface area contributed by atoms with Crippen molar-refractivity contribution in [3.8, 4) is 0 Å². The average Bonchev–Trinajstić information content (AvgIpc) is 3.09. The van der Waals surface area contributed by atoms with Crippen LogP contribution < -0.4 is 5.32 Å². The molecule has 17 heavy (non-hydrogen) atoms. The second-order valence-corrected chi connectivity index (χ2v) is 5.05. The molecule has 2 rings (SSSR count). The minimum Gasteiger partial charge on any atom is -0.338 e. The van der Waals surface area contributed by atoms with Crippen LogP contribution in [0.1, 0.15) is 18.4 Å². The Labute approximate surface area is 107 Å². The molecule has 92 valence electrons. The summed E-state index contributed by atoms with van der Waals surface area (Å²) < 4.78 is 0. The predicted octanol–water partition coefficient (Wildman–Crippen LogP) is 2.89. The Bertz CT molecular complexity index is 404. The molecule has 0 radical (unpaired) electrons. The molecule has 1 aliphatic carbocycles. The van der Waals surface area contributed by atoms with Gasteiger partial charge in [-0.05, 0) is 36.5 Å². The monoisotopic (exact) mass is 252 g/mol. The first-order valence-electron chi connectivity index (χ1n) is 5.88. The number of rotatable bonds is 4. The van der Waals surface area contributed by atoms with E-state index in [0.29, 0.717) is 17.5 Å². The molecule has 1 aromatic carbocycles. The highest BCUT2D eigenvalue weighted by atomic mass is 35.5. The van der Waals surface area contributed by atoms with Crippen molar-refractivity contribution in [1.82, 2.24) is 10.2 Å². The molecule has 2 amide bonds. The average molecular weight is 253 g/mol. The van der Waals surface area contributed by atoms with E-state index in [1.807, 2.05) is 24.3 Å². The van der Waals surface area contributed by atoms with Gasteiger partial charge in [-0.15, -0.1) is 0 Å². The van der Waals surface area contributed by atoms with E-state index in [4.69, 9.17) is 11.6 Å². The largest absolute Gasteiger partial charge is 0.338 e. The lowest BCUT2D eigenvalue weighted by molar-refractivity contribution is 0.206. The van der Waals surface area contributed by atoms with Crippen LogP contribution in [0.4, 0.5) is 4.79 Å². The third kappa shape index (κ3) is 3.93. The Morgan fingerprint density at radius 1 is 1.53 bits per heavy atom. The Morgan fingerprint density at radius 3 is 2.94 bits per heavy atom. The first-order chi connectivity index (χ1) is 8.15. The molecule has 3 nitrogen and oxygen atoms in total. The molecule has 0 saturated heterocycles. The van der Waals surface area contributed by atoms with Crippen LogP contribution in [0.15, 0.2) is 24.3 Å². The minimum absolute atomic E-state index is 0.0168. The number of carbonyl (C=O) groups is 1. The van der Waals surface area contributed by atoms with Crippen molar-refractivity contribution in [2.24, 2.45) is 5.92 Å². The van der Waals surface area contributed by atoms with Crippen LogP contribution in [0, 0.1) is 5.92 Å². The van der Waals surface area contributed by atoms with Crippen molar-refractivity contribution < 1.29 is 4.79 Å². The summed E-state index contributed by atoms with van der Waals surface area (Å²) in [6, 6.07) is 7.56. The number of nitrogens with one attached hydrogen (secondary N) is 1. The number of carbonyl (C=O) groups excluding carboxylic acids is 1. The molecule has 1 fully saturated rings. The molecule has 0 spiro atoms. The number of hydrogen-bond acceptors (Lipinski definition) is 1. The summed E-state index contributed by atoms with van der Waals surface area (Å²) in [5, 5.41) is 3.64. The van der Waals surface area contributed by atoms with Gasteiger partial charge in [0.05, 0.1) is 0 Å². The number of benzene rings is 1. The standard InChI is InChI=1S/C13H17ClN2O/c1-16(13(17)15-8-10-5-6-10)9-11-3-2-4-12(14)7-11/h2-4,7,10H,5-6,8-9H2,1H3,(H,15,17). The summed E-state index contributed by atoms with van der Waals surface area (Å²) in [4.78, 5) is 13.4. The summed E-state index contributed by atoms with van der Waals surface area (Å²) >= 11 is 5.90. The molecule has 4 heteroatoms. The topological polar surface area (TPSA) is 32.3 Å². The minimum atomic E-state index is -0.0168. The van der Waals surface area contributed by atoms with Gasteiger partial charge in [0, 0.05) is 25.2 Å². The molecule has 0 unspecified atom stereocenters. The third-order valence-corrected chi connectivity index (χ3v) is 3.13. The van der Waals surface area contributed by atoms with Crippen molar-refractivity contribution >= 4 is 17.6 Å². The molecule has 0 atom stereocenters. The van der Waals surface area contributed by atoms with Gasteiger partial charge in [-0.2, -0.15) is 0 Å². The van der Waals surface area contributed by atoms with E-state index in [0.717, 1.165) is 12.1 Å². The lowest BCUT2D eigenvalue weighted by Crippen LogP contribution is -2.37. The SMILES string of the molecule is CN(Cc1cccc(Cl)c1)C(=O)NCC1CC1. The van der Waals surface area contributed by atoms with E-state index in [2.05, 4.69) is 5.32 Å². The smallest absolute Gasteiger partial charge is 0.317 e. The van der Waals surface area contributed by atoms with Crippen LogP contribution in [-0.4, -0.2) is 24.5 Å². The number of halogens is 1. The van der Waals surface area contributed by atoms with E-state index in [9.17, 15) is 4.79 Å². The summed E-state index contributed by atoms with van der Waals surface area (Å²) in [5.41, 5.74) is 1.04. The number of nitrogens with zero attached hydrogens (tertiary/aromatic N) is 1. The fraction of sp³-hybridized carbons (Fsp3) is 0.462. The van der Waals surface area contributed by atoms with Crippen LogP contribution in [0.25, 0.3) is 0 Å². The second kappa shape index (κ2) is 5.41. The van der Waals surface area contributed by atoms with Crippen molar-refractivity contribution in [2.75, 3.05) is 13.6 Å². The first kappa shape index (κ1) is 12.2. The maximum atomic E-state index is 11.7. The fourth-order valence-corrected chi connectivity index (χ4v) is 1.88. The van der Waals surface area contributed by atoms with Gasteiger partial charge < -0.3 is 10.2 Å². The van der Waals surface area contributed by atoms with Gasteiger partial charge in [-0.1, -0.05) is 23.7 Å². The van der Waals surface area contributed by atoms with E-state index in [-0.39, 0.29) is 6.03 Å². The molecule has 0 bridgehead atoms. The predicted molar refractivity (Wildman–Crippen MR) is 69.0 cm³/mol. The van der Waals surface area contributed by atoms with Gasteiger partial charge >= 0.3 is 6.03 Å². The molecule has 0 aromatic heterocycles. The molecular formula is C13H17ClN2O. The zero-order valence-corrected chi connectivity index (χ0v) is 10.7. The molecular weight excluding hydrogens is 236 g/mol. The first-order valence-corrected chi connectivity index (χ1v) is 6.26. The number of urea groups is 1. The summed E-state index contributed by atoms with van der Waals surface area (Å²) in [5.74, 6) is 0.707. The Kier molecular flexibility index (Phi) is 3.89. The Balaban J connectivity index is 1.82. The van der Waals surface area contributed by atoms with Crippen molar-refractivity contribution in [3.05, 3.63) is 34.9 Å². The highest BCUT2D eigenvalue weighted by Gasteiger charge is 2.22. The van der Waals surface area contributed by atoms with Crippen molar-refractivity contribution in [3.63, 3.8) is 0 Å². The van der Waals surface area contributed by atoms with E-state index in [1.165, 1.54) is 12.8 Å². The third-order valence-electron chi connectivity index (χ3n) is 2.89. The Hall–Kier alpha value is -1.22. The maximum absolute atomic E-state index is 11.7. The molecule has 0 heterocycles. The lowest BCUT2D eigenvalue weighted by Gasteiger charge is -2.18. The van der Waals surface area contributed by atoms with Crippen molar-refractivity contribution in [1.29, 1.82) is 0 Å². The molecule has 1 aromatic rings. The number of amides is 2. The molecule has 1 aliphatic rings. The highest BCUT2D eigenvalue weighted by molar-refractivity contribution is 6.30. The molecule has 0 aliphatic heterocycles. The summed E-state index contributed by atoms with van der Waals surface area (Å²) in [6.45, 7) is 1.38. The zero-order valence-electron chi connectivity index (χ0n) is 9.95. The van der Waals surface area contributed by atoms with Gasteiger partial charge in [0.15, 0.2) is 0 Å². The van der Waals surface area contributed by atoms with Crippen LogP contribution in [0.3, 0.4) is 0 Å². The van der Waals surface area contributed by atoms with E-state index in [1.54, 1.807) is 11.9 Å².